The number of methoxy groups -OCH3 is 1. The molecule has 1 aliphatic heterocycles. The number of nitrogens with zero attached hydrogens (tertiary/aromatic N) is 2. The molecule has 0 bridgehead atoms. The van der Waals surface area contributed by atoms with Gasteiger partial charge in [-0.15, -0.1) is 12.4 Å². The number of rotatable bonds is 9. The molecule has 10 heteroatoms. The minimum atomic E-state index is -3.47. The van der Waals surface area contributed by atoms with Crippen LogP contribution in [0.2, 0.25) is 0 Å². The number of sulfonamides is 1. The van der Waals surface area contributed by atoms with Crippen LogP contribution in [0.1, 0.15) is 25.7 Å². The first-order valence-electron chi connectivity index (χ1n) is 11.3. The van der Waals surface area contributed by atoms with E-state index in [0.717, 1.165) is 49.8 Å². The number of aromatic amines is 1. The lowest BCUT2D eigenvalue weighted by Gasteiger charge is -2.31. The zero-order chi connectivity index (χ0) is 23.3. The summed E-state index contributed by atoms with van der Waals surface area (Å²) in [6.45, 7) is 2.85. The van der Waals surface area contributed by atoms with E-state index >= 15 is 0 Å². The Morgan fingerprint density at radius 2 is 1.94 bits per heavy atom. The number of unbranched alkanes of at least 4 members (excludes halogenated alkanes) is 1. The largest absolute Gasteiger partial charge is 0.380 e. The Morgan fingerprint density at radius 1 is 1.15 bits per heavy atom. The summed E-state index contributed by atoms with van der Waals surface area (Å²) in [5.74, 6) is 0.0681. The second-order valence-corrected chi connectivity index (χ2v) is 10.3. The smallest absolute Gasteiger partial charge is 0.272 e. The zero-order valence-electron chi connectivity index (χ0n) is 19.2. The van der Waals surface area contributed by atoms with Gasteiger partial charge in [-0.3, -0.25) is 9.52 Å². The number of hydrogen-bond donors (Lipinski definition) is 2. The lowest BCUT2D eigenvalue weighted by molar-refractivity contribution is 0.0310. The van der Waals surface area contributed by atoms with Crippen LogP contribution in [0, 0.1) is 0 Å². The summed E-state index contributed by atoms with van der Waals surface area (Å²) in [7, 11) is -1.73. The molecular formula is C24H31ClN4O4S. The molecule has 0 saturated carbocycles. The summed E-state index contributed by atoms with van der Waals surface area (Å²) in [6, 6.07) is 14.3. The highest BCUT2D eigenvalue weighted by Crippen LogP contribution is 2.26. The molecule has 0 radical (unpaired) electrons. The number of fused-ring (bicyclic) bond motifs is 1. The van der Waals surface area contributed by atoms with E-state index in [1.807, 2.05) is 18.2 Å². The number of likely N-dealkylation sites (tertiary alicyclic amines) is 1. The van der Waals surface area contributed by atoms with Crippen molar-refractivity contribution in [3.05, 3.63) is 58.9 Å². The van der Waals surface area contributed by atoms with Crippen molar-refractivity contribution in [1.29, 1.82) is 0 Å². The van der Waals surface area contributed by atoms with E-state index in [4.69, 9.17) is 4.74 Å². The van der Waals surface area contributed by atoms with Crippen molar-refractivity contribution in [3.8, 4) is 11.3 Å². The highest BCUT2D eigenvalue weighted by atomic mass is 35.5. The average Bonchev–Trinajstić information content (AvgIpc) is 2.82. The first-order valence-corrected chi connectivity index (χ1v) is 12.9. The van der Waals surface area contributed by atoms with Gasteiger partial charge in [0, 0.05) is 30.3 Å². The number of piperidine rings is 1. The maximum atomic E-state index is 12.6. The molecule has 0 spiro atoms. The van der Waals surface area contributed by atoms with Crippen LogP contribution in [0.15, 0.2) is 53.3 Å². The van der Waals surface area contributed by atoms with Crippen LogP contribution in [0.5, 0.6) is 0 Å². The van der Waals surface area contributed by atoms with Crippen LogP contribution in [-0.2, 0) is 14.8 Å². The molecule has 34 heavy (non-hydrogen) atoms. The topological polar surface area (TPSA) is 104 Å². The third-order valence-electron chi connectivity index (χ3n) is 6.04. The molecule has 0 amide bonds. The number of aromatic nitrogens is 2. The predicted octanol–water partition coefficient (Wildman–Crippen LogP) is 3.64. The van der Waals surface area contributed by atoms with E-state index in [-0.39, 0.29) is 29.8 Å². The Kier molecular flexibility index (Phi) is 9.07. The van der Waals surface area contributed by atoms with Crippen LogP contribution < -0.4 is 10.3 Å². The molecule has 1 aromatic heterocycles. The van der Waals surface area contributed by atoms with Gasteiger partial charge in [-0.25, -0.2) is 13.5 Å². The van der Waals surface area contributed by atoms with Gasteiger partial charge in [0.05, 0.1) is 22.9 Å². The van der Waals surface area contributed by atoms with Crippen molar-refractivity contribution >= 4 is 38.9 Å². The van der Waals surface area contributed by atoms with E-state index in [1.54, 1.807) is 37.4 Å². The molecule has 1 fully saturated rings. The Balaban J connectivity index is 0.00000324. The fourth-order valence-corrected chi connectivity index (χ4v) is 5.50. The van der Waals surface area contributed by atoms with Crippen molar-refractivity contribution in [2.75, 3.05) is 37.2 Å². The summed E-state index contributed by atoms with van der Waals surface area (Å²) in [6.07, 6.45) is 3.91. The number of halogens is 1. The highest BCUT2D eigenvalue weighted by molar-refractivity contribution is 7.92. The van der Waals surface area contributed by atoms with Gasteiger partial charge in [0.15, 0.2) is 0 Å². The predicted molar refractivity (Wildman–Crippen MR) is 138 cm³/mol. The van der Waals surface area contributed by atoms with Gasteiger partial charge in [0.1, 0.15) is 0 Å². The number of nitrogens with one attached hydrogen (secondary N) is 2. The molecule has 0 aliphatic carbocycles. The second kappa shape index (κ2) is 11.8. The number of ether oxygens (including phenoxy) is 1. The molecule has 1 aliphatic rings. The van der Waals surface area contributed by atoms with E-state index in [9.17, 15) is 13.2 Å². The third kappa shape index (κ3) is 6.56. The molecule has 1 unspecified atom stereocenters. The van der Waals surface area contributed by atoms with Gasteiger partial charge in [-0.05, 0) is 57.0 Å². The normalized spacial score (nSPS) is 16.8. The van der Waals surface area contributed by atoms with E-state index in [0.29, 0.717) is 23.2 Å². The second-order valence-electron chi connectivity index (χ2n) is 8.46. The fourth-order valence-electron chi connectivity index (χ4n) is 4.33. The van der Waals surface area contributed by atoms with Crippen LogP contribution >= 0.6 is 12.4 Å². The fraction of sp³-hybridized carbons (Fsp3) is 0.417. The third-order valence-corrected chi connectivity index (χ3v) is 7.41. The minimum Gasteiger partial charge on any atom is -0.380 e. The van der Waals surface area contributed by atoms with Crippen molar-refractivity contribution < 1.29 is 13.2 Å². The molecule has 4 rings (SSSR count). The molecule has 1 saturated heterocycles. The van der Waals surface area contributed by atoms with Gasteiger partial charge in [0.2, 0.25) is 10.0 Å². The SMILES string of the molecule is COC1CCCN(CCCCS(=O)(=O)Nc2cccc(-c3n[nH]c(=O)c4ccccc34)c2)C1.Cl. The van der Waals surface area contributed by atoms with Crippen molar-refractivity contribution in [1.82, 2.24) is 15.1 Å². The number of H-pyrrole nitrogens is 1. The molecular weight excluding hydrogens is 476 g/mol. The van der Waals surface area contributed by atoms with Gasteiger partial charge in [-0.2, -0.15) is 5.10 Å². The molecule has 2 N–H and O–H groups in total. The van der Waals surface area contributed by atoms with Crippen molar-refractivity contribution in [2.45, 2.75) is 31.8 Å². The van der Waals surface area contributed by atoms with Gasteiger partial charge >= 0.3 is 0 Å². The highest BCUT2D eigenvalue weighted by Gasteiger charge is 2.19. The quantitative estimate of drug-likeness (QED) is 0.429. The zero-order valence-corrected chi connectivity index (χ0v) is 20.8. The number of benzene rings is 2. The van der Waals surface area contributed by atoms with Gasteiger partial charge in [-0.1, -0.05) is 30.3 Å². The van der Waals surface area contributed by atoms with Gasteiger partial charge in [0.25, 0.3) is 5.56 Å². The van der Waals surface area contributed by atoms with E-state index < -0.39 is 10.0 Å². The van der Waals surface area contributed by atoms with E-state index in [2.05, 4.69) is 19.8 Å². The Hall–Kier alpha value is -2.46. The average molecular weight is 507 g/mol. The van der Waals surface area contributed by atoms with Gasteiger partial charge < -0.3 is 9.64 Å². The maximum Gasteiger partial charge on any atom is 0.272 e. The minimum absolute atomic E-state index is 0. The first kappa shape index (κ1) is 26.2. The Morgan fingerprint density at radius 3 is 2.74 bits per heavy atom. The van der Waals surface area contributed by atoms with Crippen molar-refractivity contribution in [2.24, 2.45) is 0 Å². The summed E-state index contributed by atoms with van der Waals surface area (Å²) in [5.41, 5.74) is 1.54. The molecule has 2 heterocycles. The number of anilines is 1. The van der Waals surface area contributed by atoms with Crippen LogP contribution in [0.3, 0.4) is 0 Å². The molecule has 3 aromatic rings. The van der Waals surface area contributed by atoms with Crippen LogP contribution in [0.4, 0.5) is 5.69 Å². The van der Waals surface area contributed by atoms with Crippen LogP contribution in [0.25, 0.3) is 22.0 Å². The van der Waals surface area contributed by atoms with E-state index in [1.165, 1.54) is 0 Å². The lowest BCUT2D eigenvalue weighted by Crippen LogP contribution is -2.39. The lowest BCUT2D eigenvalue weighted by atomic mass is 10.0. The standard InChI is InChI=1S/C24H30N4O4S.ClH/c1-32-20-10-7-14-28(17-20)13-4-5-15-33(30,31)27-19-9-6-8-18(16-19)23-21-11-2-3-12-22(21)24(29)26-25-23;/h2-3,6,8-9,11-12,16,20,27H,4-5,7,10,13-15,17H2,1H3,(H,26,29);1H. The Bertz CT molecular complexity index is 1270. The monoisotopic (exact) mass is 506 g/mol. The van der Waals surface area contributed by atoms with Crippen molar-refractivity contribution in [3.63, 3.8) is 0 Å². The molecule has 1 atom stereocenters. The summed E-state index contributed by atoms with van der Waals surface area (Å²) < 4.78 is 33.4. The summed E-state index contributed by atoms with van der Waals surface area (Å²) in [4.78, 5) is 14.4. The maximum absolute atomic E-state index is 12.6. The van der Waals surface area contributed by atoms with Crippen LogP contribution in [-0.4, -0.2) is 62.1 Å². The molecule has 2 aromatic carbocycles. The Labute approximate surface area is 206 Å². The molecule has 184 valence electrons. The summed E-state index contributed by atoms with van der Waals surface area (Å²) in [5, 5.41) is 7.98. The summed E-state index contributed by atoms with van der Waals surface area (Å²) >= 11 is 0. The molecule has 8 nitrogen and oxygen atoms in total. The number of hydrogen-bond acceptors (Lipinski definition) is 6. The first-order chi connectivity index (χ1) is 15.9.